The third-order valence-electron chi connectivity index (χ3n) is 2.18. The third-order valence-corrected chi connectivity index (χ3v) is 2.38. The zero-order valence-electron chi connectivity index (χ0n) is 8.42. The van der Waals surface area contributed by atoms with E-state index < -0.39 is 0 Å². The van der Waals surface area contributed by atoms with E-state index in [1.807, 2.05) is 0 Å². The molecule has 74 valence electrons. The summed E-state index contributed by atoms with van der Waals surface area (Å²) in [5.74, 6) is 0.925. The van der Waals surface area contributed by atoms with Crippen LogP contribution in [0, 0.1) is 0 Å². The van der Waals surface area contributed by atoms with Crippen LogP contribution in [0.25, 0.3) is 0 Å². The summed E-state index contributed by atoms with van der Waals surface area (Å²) in [6.07, 6.45) is 1.19. The molecule has 0 aliphatic heterocycles. The first-order chi connectivity index (χ1) is 5.76. The molecule has 0 saturated heterocycles. The third kappa shape index (κ3) is 5.01. The number of rotatable bonds is 7. The molecule has 0 spiro atoms. The Hall–Kier alpha value is 0.270. The second-order valence-corrected chi connectivity index (χ2v) is 3.46. The predicted molar refractivity (Wildman–Crippen MR) is 57.1 cm³/mol. The Bertz CT molecular complexity index is 101. The van der Waals surface area contributed by atoms with Gasteiger partial charge in [-0.05, 0) is 13.3 Å². The number of nitrogens with zero attached hydrogens (tertiary/aromatic N) is 1. The van der Waals surface area contributed by atoms with Gasteiger partial charge in [0.15, 0.2) is 0 Å². The van der Waals surface area contributed by atoms with Gasteiger partial charge in [0.2, 0.25) is 0 Å². The van der Waals surface area contributed by atoms with Gasteiger partial charge in [0.25, 0.3) is 0 Å². The molecule has 0 fully saturated rings. The zero-order valence-corrected chi connectivity index (χ0v) is 9.31. The maximum absolute atomic E-state index is 5.05. The van der Waals surface area contributed by atoms with Gasteiger partial charge in [-0.3, -0.25) is 4.90 Å². The summed E-state index contributed by atoms with van der Waals surface area (Å²) in [5.41, 5.74) is 0. The number of hydrogen-bond donors (Lipinski definition) is 1. The smallest absolute Gasteiger partial charge is 0.0589 e. The molecule has 1 atom stereocenters. The van der Waals surface area contributed by atoms with E-state index in [1.165, 1.54) is 6.42 Å². The molecule has 0 amide bonds. The fourth-order valence-corrected chi connectivity index (χ4v) is 1.40. The van der Waals surface area contributed by atoms with Gasteiger partial charge in [-0.25, -0.2) is 0 Å². The Kier molecular flexibility index (Phi) is 8.07. The molecule has 0 heterocycles. The first-order valence-corrected chi connectivity index (χ1v) is 5.23. The molecule has 0 aromatic heterocycles. The van der Waals surface area contributed by atoms with Crippen LogP contribution in [0.15, 0.2) is 0 Å². The molecule has 0 bridgehead atoms. The Labute approximate surface area is 81.7 Å². The maximum Gasteiger partial charge on any atom is 0.0589 e. The molecule has 2 nitrogen and oxygen atoms in total. The molecular weight excluding hydrogens is 170 g/mol. The van der Waals surface area contributed by atoms with Crippen molar-refractivity contribution in [3.05, 3.63) is 0 Å². The van der Waals surface area contributed by atoms with Crippen molar-refractivity contribution < 1.29 is 4.74 Å². The van der Waals surface area contributed by atoms with Crippen LogP contribution in [0.2, 0.25) is 0 Å². The fraction of sp³-hybridized carbons (Fsp3) is 1.00. The molecule has 3 heteroatoms. The largest absolute Gasteiger partial charge is 0.383 e. The van der Waals surface area contributed by atoms with Gasteiger partial charge in [-0.2, -0.15) is 12.6 Å². The molecule has 0 aromatic rings. The van der Waals surface area contributed by atoms with Crippen LogP contribution < -0.4 is 0 Å². The highest BCUT2D eigenvalue weighted by Crippen LogP contribution is 2.02. The van der Waals surface area contributed by atoms with E-state index in [-0.39, 0.29) is 0 Å². The van der Waals surface area contributed by atoms with E-state index in [4.69, 9.17) is 4.74 Å². The van der Waals surface area contributed by atoms with Gasteiger partial charge >= 0.3 is 0 Å². The van der Waals surface area contributed by atoms with Crippen molar-refractivity contribution >= 4 is 12.6 Å². The van der Waals surface area contributed by atoms with Gasteiger partial charge in [0.1, 0.15) is 0 Å². The lowest BCUT2D eigenvalue weighted by molar-refractivity contribution is 0.128. The lowest BCUT2D eigenvalue weighted by atomic mass is 10.2. The second kappa shape index (κ2) is 7.90. The molecule has 0 rings (SSSR count). The van der Waals surface area contributed by atoms with E-state index in [2.05, 4.69) is 31.4 Å². The topological polar surface area (TPSA) is 12.5 Å². The van der Waals surface area contributed by atoms with Crippen molar-refractivity contribution in [1.29, 1.82) is 0 Å². The molecule has 0 aliphatic carbocycles. The van der Waals surface area contributed by atoms with E-state index in [1.54, 1.807) is 7.11 Å². The molecule has 12 heavy (non-hydrogen) atoms. The minimum atomic E-state index is 0.646. The van der Waals surface area contributed by atoms with Gasteiger partial charge in [0, 0.05) is 32.0 Å². The molecular formula is C9H21NOS. The average Bonchev–Trinajstić information content (AvgIpc) is 2.11. The van der Waals surface area contributed by atoms with Crippen molar-refractivity contribution in [2.24, 2.45) is 0 Å². The normalized spacial score (nSPS) is 13.8. The number of hydrogen-bond acceptors (Lipinski definition) is 3. The van der Waals surface area contributed by atoms with E-state index >= 15 is 0 Å². The SMILES string of the molecule is CCC(C)N(CCS)CCOC. The van der Waals surface area contributed by atoms with E-state index in [0.717, 1.165) is 25.4 Å². The highest BCUT2D eigenvalue weighted by molar-refractivity contribution is 7.80. The van der Waals surface area contributed by atoms with Gasteiger partial charge < -0.3 is 4.74 Å². The summed E-state index contributed by atoms with van der Waals surface area (Å²) >= 11 is 4.23. The number of methoxy groups -OCH3 is 1. The summed E-state index contributed by atoms with van der Waals surface area (Å²) in [4.78, 5) is 2.41. The quantitative estimate of drug-likeness (QED) is 0.615. The Morgan fingerprint density at radius 2 is 2.08 bits per heavy atom. The first-order valence-electron chi connectivity index (χ1n) is 4.60. The van der Waals surface area contributed by atoms with Gasteiger partial charge in [0.05, 0.1) is 6.61 Å². The van der Waals surface area contributed by atoms with Crippen LogP contribution in [-0.2, 0) is 4.74 Å². The molecule has 0 saturated carbocycles. The number of ether oxygens (including phenoxy) is 1. The Morgan fingerprint density at radius 1 is 1.42 bits per heavy atom. The standard InChI is InChI=1S/C9H21NOS/c1-4-9(2)10(6-8-12)5-7-11-3/h9,12H,4-8H2,1-3H3. The van der Waals surface area contributed by atoms with Crippen LogP contribution in [-0.4, -0.2) is 43.5 Å². The van der Waals surface area contributed by atoms with Crippen molar-refractivity contribution in [3.63, 3.8) is 0 Å². The van der Waals surface area contributed by atoms with Crippen LogP contribution in [0.1, 0.15) is 20.3 Å². The molecule has 0 N–H and O–H groups in total. The van der Waals surface area contributed by atoms with E-state index in [0.29, 0.717) is 6.04 Å². The van der Waals surface area contributed by atoms with E-state index in [9.17, 15) is 0 Å². The monoisotopic (exact) mass is 191 g/mol. The summed E-state index contributed by atoms with van der Waals surface area (Å²) in [6, 6.07) is 0.646. The lowest BCUT2D eigenvalue weighted by Gasteiger charge is -2.27. The lowest BCUT2D eigenvalue weighted by Crippen LogP contribution is -2.36. The van der Waals surface area contributed by atoms with Crippen LogP contribution in [0.5, 0.6) is 0 Å². The van der Waals surface area contributed by atoms with Crippen LogP contribution >= 0.6 is 12.6 Å². The fourth-order valence-electron chi connectivity index (χ4n) is 1.15. The molecule has 0 aliphatic rings. The van der Waals surface area contributed by atoms with Crippen molar-refractivity contribution in [2.45, 2.75) is 26.3 Å². The summed E-state index contributed by atoms with van der Waals surface area (Å²) < 4.78 is 5.05. The first kappa shape index (κ1) is 12.3. The van der Waals surface area contributed by atoms with Crippen LogP contribution in [0.3, 0.4) is 0 Å². The minimum Gasteiger partial charge on any atom is -0.383 e. The highest BCUT2D eigenvalue weighted by Gasteiger charge is 2.09. The minimum absolute atomic E-state index is 0.646. The highest BCUT2D eigenvalue weighted by atomic mass is 32.1. The maximum atomic E-state index is 5.05. The van der Waals surface area contributed by atoms with Gasteiger partial charge in [-0.1, -0.05) is 6.92 Å². The summed E-state index contributed by atoms with van der Waals surface area (Å²) in [6.45, 7) is 7.35. The molecule has 1 unspecified atom stereocenters. The van der Waals surface area contributed by atoms with Crippen molar-refractivity contribution in [3.8, 4) is 0 Å². The second-order valence-electron chi connectivity index (χ2n) is 3.01. The Balaban J connectivity index is 3.68. The zero-order chi connectivity index (χ0) is 9.40. The van der Waals surface area contributed by atoms with Crippen molar-refractivity contribution in [1.82, 2.24) is 4.90 Å². The summed E-state index contributed by atoms with van der Waals surface area (Å²) in [7, 11) is 1.75. The molecule has 0 aromatic carbocycles. The number of thiol groups is 1. The van der Waals surface area contributed by atoms with Gasteiger partial charge in [-0.15, -0.1) is 0 Å². The van der Waals surface area contributed by atoms with Crippen molar-refractivity contribution in [2.75, 3.05) is 32.6 Å². The summed E-state index contributed by atoms with van der Waals surface area (Å²) in [5, 5.41) is 0. The predicted octanol–water partition coefficient (Wildman–Crippen LogP) is 1.66. The Morgan fingerprint density at radius 3 is 2.50 bits per heavy atom. The average molecular weight is 191 g/mol. The van der Waals surface area contributed by atoms with Crippen LogP contribution in [0.4, 0.5) is 0 Å². The molecule has 0 radical (unpaired) electrons.